The molecule has 1 aromatic rings. The highest BCUT2D eigenvalue weighted by Gasteiger charge is 2.45. The summed E-state index contributed by atoms with van der Waals surface area (Å²) in [7, 11) is 1.95. The molecular formula is C18H25FN2O2. The third-order valence-electron chi connectivity index (χ3n) is 5.22. The van der Waals surface area contributed by atoms with Gasteiger partial charge in [0.25, 0.3) is 0 Å². The molecule has 4 nitrogen and oxygen atoms in total. The lowest BCUT2D eigenvalue weighted by Crippen LogP contribution is -2.49. The van der Waals surface area contributed by atoms with Crippen molar-refractivity contribution in [1.29, 1.82) is 0 Å². The molecule has 1 amide bonds. The fourth-order valence-corrected chi connectivity index (χ4v) is 3.89. The van der Waals surface area contributed by atoms with E-state index in [1.807, 2.05) is 11.9 Å². The normalized spacial score (nSPS) is 23.9. The minimum absolute atomic E-state index is 0.186. The molecule has 5 heteroatoms. The van der Waals surface area contributed by atoms with E-state index in [-0.39, 0.29) is 11.7 Å². The van der Waals surface area contributed by atoms with E-state index in [0.717, 1.165) is 31.6 Å². The summed E-state index contributed by atoms with van der Waals surface area (Å²) in [5.74, 6) is 0.443. The van der Waals surface area contributed by atoms with Crippen molar-refractivity contribution in [2.75, 3.05) is 39.9 Å². The zero-order valence-corrected chi connectivity index (χ0v) is 13.7. The first kappa shape index (κ1) is 16.4. The van der Waals surface area contributed by atoms with Gasteiger partial charge in [0.05, 0.1) is 5.41 Å². The number of rotatable bonds is 4. The number of halogens is 1. The Morgan fingerprint density at radius 3 is 2.70 bits per heavy atom. The van der Waals surface area contributed by atoms with Crippen LogP contribution in [0.15, 0.2) is 24.3 Å². The van der Waals surface area contributed by atoms with Gasteiger partial charge in [-0.1, -0.05) is 12.1 Å². The van der Waals surface area contributed by atoms with E-state index in [2.05, 4.69) is 5.32 Å². The number of nitrogens with zero attached hydrogens (tertiary/aromatic N) is 1. The molecule has 2 aliphatic heterocycles. The summed E-state index contributed by atoms with van der Waals surface area (Å²) >= 11 is 0. The van der Waals surface area contributed by atoms with Gasteiger partial charge in [0, 0.05) is 26.3 Å². The lowest BCUT2D eigenvalue weighted by Gasteiger charge is -2.39. The molecule has 1 N–H and O–H groups in total. The molecule has 126 valence electrons. The number of benzene rings is 1. The van der Waals surface area contributed by atoms with Gasteiger partial charge in [-0.25, -0.2) is 4.39 Å². The van der Waals surface area contributed by atoms with Gasteiger partial charge in [-0.3, -0.25) is 4.79 Å². The Morgan fingerprint density at radius 1 is 1.35 bits per heavy atom. The van der Waals surface area contributed by atoms with Crippen molar-refractivity contribution in [1.82, 2.24) is 10.2 Å². The van der Waals surface area contributed by atoms with Crippen LogP contribution in [-0.4, -0.2) is 50.7 Å². The number of nitrogens with one attached hydrogen (secondary N) is 1. The zero-order valence-electron chi connectivity index (χ0n) is 13.7. The second-order valence-electron chi connectivity index (χ2n) is 6.66. The van der Waals surface area contributed by atoms with Crippen LogP contribution in [0.1, 0.15) is 24.8 Å². The van der Waals surface area contributed by atoms with Gasteiger partial charge in [0.15, 0.2) is 0 Å². The second-order valence-corrected chi connectivity index (χ2v) is 6.66. The highest BCUT2D eigenvalue weighted by atomic mass is 19.1. The number of hydrogen-bond acceptors (Lipinski definition) is 3. The first-order valence-corrected chi connectivity index (χ1v) is 8.43. The predicted molar refractivity (Wildman–Crippen MR) is 86.7 cm³/mol. The summed E-state index contributed by atoms with van der Waals surface area (Å²) < 4.78 is 18.8. The Hall–Kier alpha value is -1.46. The molecule has 0 aromatic heterocycles. The van der Waals surface area contributed by atoms with Gasteiger partial charge in [-0.15, -0.1) is 0 Å². The monoisotopic (exact) mass is 320 g/mol. The third kappa shape index (κ3) is 3.26. The maximum Gasteiger partial charge on any atom is 0.233 e. The lowest BCUT2D eigenvalue weighted by molar-refractivity contribution is -0.140. The summed E-state index contributed by atoms with van der Waals surface area (Å²) in [4.78, 5) is 15.3. The molecule has 2 saturated heterocycles. The fourth-order valence-electron chi connectivity index (χ4n) is 3.89. The number of hydrogen-bond donors (Lipinski definition) is 1. The van der Waals surface area contributed by atoms with Gasteiger partial charge in [-0.2, -0.15) is 0 Å². The zero-order chi connectivity index (χ0) is 16.3. The van der Waals surface area contributed by atoms with Gasteiger partial charge < -0.3 is 15.0 Å². The Kier molecular flexibility index (Phi) is 4.97. The van der Waals surface area contributed by atoms with E-state index in [9.17, 15) is 9.18 Å². The molecule has 2 aliphatic rings. The minimum atomic E-state index is -0.555. The molecule has 2 heterocycles. The van der Waals surface area contributed by atoms with Crippen molar-refractivity contribution >= 4 is 5.91 Å². The quantitative estimate of drug-likeness (QED) is 0.922. The van der Waals surface area contributed by atoms with Crippen LogP contribution in [0.4, 0.5) is 4.39 Å². The van der Waals surface area contributed by atoms with E-state index in [1.54, 1.807) is 12.1 Å². The van der Waals surface area contributed by atoms with E-state index in [1.165, 1.54) is 12.1 Å². The minimum Gasteiger partial charge on any atom is -0.381 e. The van der Waals surface area contributed by atoms with Crippen molar-refractivity contribution in [2.45, 2.75) is 24.7 Å². The van der Waals surface area contributed by atoms with Crippen LogP contribution in [0.25, 0.3) is 0 Å². The molecule has 0 saturated carbocycles. The molecule has 0 radical (unpaired) electrons. The molecule has 2 fully saturated rings. The van der Waals surface area contributed by atoms with E-state index in [0.29, 0.717) is 32.0 Å². The van der Waals surface area contributed by atoms with E-state index in [4.69, 9.17) is 4.74 Å². The predicted octanol–water partition coefficient (Wildman–Crippen LogP) is 1.94. The lowest BCUT2D eigenvalue weighted by atomic mass is 9.73. The summed E-state index contributed by atoms with van der Waals surface area (Å²) in [5, 5.41) is 3.20. The van der Waals surface area contributed by atoms with Crippen LogP contribution in [0.5, 0.6) is 0 Å². The number of carbonyl (C=O) groups is 1. The molecule has 0 aliphatic carbocycles. The topological polar surface area (TPSA) is 41.6 Å². The Balaban J connectivity index is 1.84. The first-order chi connectivity index (χ1) is 11.2. The molecule has 3 rings (SSSR count). The number of likely N-dealkylation sites (tertiary alicyclic amines) is 1. The molecular weight excluding hydrogens is 295 g/mol. The highest BCUT2D eigenvalue weighted by Crippen LogP contribution is 2.38. The Morgan fingerprint density at radius 2 is 2.04 bits per heavy atom. The second kappa shape index (κ2) is 6.97. The molecule has 1 unspecified atom stereocenters. The molecule has 0 bridgehead atoms. The number of carbonyl (C=O) groups excluding carboxylic acids is 1. The first-order valence-electron chi connectivity index (χ1n) is 8.43. The average Bonchev–Trinajstić information content (AvgIpc) is 3.04. The van der Waals surface area contributed by atoms with Crippen molar-refractivity contribution < 1.29 is 13.9 Å². The molecule has 1 aromatic carbocycles. The number of ether oxygens (including phenoxy) is 1. The van der Waals surface area contributed by atoms with Gasteiger partial charge in [-0.05, 0) is 56.5 Å². The van der Waals surface area contributed by atoms with Crippen LogP contribution in [0.3, 0.4) is 0 Å². The van der Waals surface area contributed by atoms with Crippen LogP contribution < -0.4 is 5.32 Å². The summed E-state index contributed by atoms with van der Waals surface area (Å²) in [6.07, 6.45) is 2.39. The molecule has 1 atom stereocenters. The fraction of sp³-hybridized carbons (Fsp3) is 0.611. The molecule has 23 heavy (non-hydrogen) atoms. The SMILES string of the molecule is CNCC1CCN(C(=O)C2(c3ccc(F)cc3)CCOCC2)C1. The Bertz CT molecular complexity index is 540. The van der Waals surface area contributed by atoms with Crippen molar-refractivity contribution in [3.63, 3.8) is 0 Å². The van der Waals surface area contributed by atoms with Crippen LogP contribution >= 0.6 is 0 Å². The average molecular weight is 320 g/mol. The van der Waals surface area contributed by atoms with Crippen LogP contribution in [-0.2, 0) is 14.9 Å². The summed E-state index contributed by atoms with van der Waals surface area (Å²) in [5.41, 5.74) is 0.366. The van der Waals surface area contributed by atoms with Gasteiger partial charge >= 0.3 is 0 Å². The van der Waals surface area contributed by atoms with E-state index < -0.39 is 5.41 Å². The van der Waals surface area contributed by atoms with E-state index >= 15 is 0 Å². The Labute approximate surface area is 137 Å². The highest BCUT2D eigenvalue weighted by molar-refractivity contribution is 5.88. The smallest absolute Gasteiger partial charge is 0.233 e. The number of amides is 1. The van der Waals surface area contributed by atoms with Crippen molar-refractivity contribution in [3.8, 4) is 0 Å². The van der Waals surface area contributed by atoms with Crippen LogP contribution in [0.2, 0.25) is 0 Å². The standard InChI is InChI=1S/C18H25FN2O2/c1-20-12-14-6-9-21(13-14)17(22)18(7-10-23-11-8-18)15-2-4-16(19)5-3-15/h2-5,14,20H,6-13H2,1H3. The maximum absolute atomic E-state index is 13.3. The van der Waals surface area contributed by atoms with Crippen molar-refractivity contribution in [3.05, 3.63) is 35.6 Å². The van der Waals surface area contributed by atoms with Crippen molar-refractivity contribution in [2.24, 2.45) is 5.92 Å². The van der Waals surface area contributed by atoms with Gasteiger partial charge in [0.1, 0.15) is 5.82 Å². The largest absolute Gasteiger partial charge is 0.381 e. The summed E-state index contributed by atoms with van der Waals surface area (Å²) in [6, 6.07) is 6.43. The van der Waals surface area contributed by atoms with Crippen LogP contribution in [0, 0.1) is 11.7 Å². The van der Waals surface area contributed by atoms with Gasteiger partial charge in [0.2, 0.25) is 5.91 Å². The summed E-state index contributed by atoms with van der Waals surface area (Å²) in [6.45, 7) is 3.72. The molecule has 0 spiro atoms. The maximum atomic E-state index is 13.3. The third-order valence-corrected chi connectivity index (χ3v) is 5.22.